The molecule has 0 atom stereocenters. The number of halogens is 1. The highest BCUT2D eigenvalue weighted by Gasteiger charge is 2.21. The molecule has 2 aromatic rings. The largest absolute Gasteiger partial charge is 0.385 e. The van der Waals surface area contributed by atoms with E-state index in [2.05, 4.69) is 33.3 Å². The number of nitrogens with zero attached hydrogens (tertiary/aromatic N) is 3. The minimum atomic E-state index is 0.207. The number of amides is 1. The molecule has 0 bridgehead atoms. The molecule has 0 unspecified atom stereocenters. The molecule has 6 heteroatoms. The Morgan fingerprint density at radius 1 is 1.07 bits per heavy atom. The lowest BCUT2D eigenvalue weighted by Gasteiger charge is -2.36. The Hall–Kier alpha value is -2.40. The van der Waals surface area contributed by atoms with Crippen molar-refractivity contribution in [1.29, 1.82) is 0 Å². The minimum absolute atomic E-state index is 0.207. The standard InChI is InChI=1S/C21H27ClN4O/c1-24(2)19-8-6-18(7-9-19)23-11-10-21(27)26-14-12-25(13-15-26)20-5-3-4-17(22)16-20/h3-9,16,23H,10-15H2,1-2H3. The normalized spacial score (nSPS) is 14.2. The van der Waals surface area contributed by atoms with E-state index in [9.17, 15) is 4.79 Å². The van der Waals surface area contributed by atoms with Crippen LogP contribution in [0.3, 0.4) is 0 Å². The molecule has 144 valence electrons. The summed E-state index contributed by atoms with van der Waals surface area (Å²) in [6, 6.07) is 16.1. The molecule has 1 heterocycles. The summed E-state index contributed by atoms with van der Waals surface area (Å²) in [6.07, 6.45) is 0.507. The third-order valence-electron chi connectivity index (χ3n) is 4.86. The highest BCUT2D eigenvalue weighted by molar-refractivity contribution is 6.30. The Balaban J connectivity index is 1.42. The van der Waals surface area contributed by atoms with Gasteiger partial charge in [-0.1, -0.05) is 17.7 Å². The van der Waals surface area contributed by atoms with E-state index in [0.717, 1.165) is 48.3 Å². The van der Waals surface area contributed by atoms with Crippen molar-refractivity contribution in [2.45, 2.75) is 6.42 Å². The van der Waals surface area contributed by atoms with Crippen molar-refractivity contribution >= 4 is 34.6 Å². The number of benzene rings is 2. The zero-order valence-corrected chi connectivity index (χ0v) is 16.7. The van der Waals surface area contributed by atoms with E-state index in [1.165, 1.54) is 0 Å². The lowest BCUT2D eigenvalue weighted by atomic mass is 10.2. The van der Waals surface area contributed by atoms with Gasteiger partial charge < -0.3 is 20.0 Å². The fourth-order valence-electron chi connectivity index (χ4n) is 3.24. The van der Waals surface area contributed by atoms with Gasteiger partial charge in [-0.05, 0) is 42.5 Å². The van der Waals surface area contributed by atoms with Gasteiger partial charge >= 0.3 is 0 Å². The molecule has 1 amide bonds. The summed E-state index contributed by atoms with van der Waals surface area (Å²) in [4.78, 5) is 18.8. The molecule has 1 aliphatic heterocycles. The van der Waals surface area contributed by atoms with Gasteiger partial charge in [0.2, 0.25) is 5.91 Å². The van der Waals surface area contributed by atoms with Crippen LogP contribution in [0.5, 0.6) is 0 Å². The van der Waals surface area contributed by atoms with Crippen LogP contribution in [0.15, 0.2) is 48.5 Å². The molecule has 1 N–H and O–H groups in total. The van der Waals surface area contributed by atoms with Crippen LogP contribution >= 0.6 is 11.6 Å². The number of rotatable bonds is 6. The van der Waals surface area contributed by atoms with Crippen molar-refractivity contribution < 1.29 is 4.79 Å². The molecule has 1 fully saturated rings. The Labute approximate surface area is 166 Å². The third kappa shape index (κ3) is 5.30. The number of piperazine rings is 1. The fourth-order valence-corrected chi connectivity index (χ4v) is 3.42. The average Bonchev–Trinajstić information content (AvgIpc) is 2.68. The molecule has 1 aliphatic rings. The van der Waals surface area contributed by atoms with Crippen molar-refractivity contribution in [3.05, 3.63) is 53.6 Å². The topological polar surface area (TPSA) is 38.8 Å². The molecule has 0 aliphatic carbocycles. The third-order valence-corrected chi connectivity index (χ3v) is 5.09. The smallest absolute Gasteiger partial charge is 0.224 e. The first kappa shape index (κ1) is 19.4. The van der Waals surface area contributed by atoms with E-state index in [1.807, 2.05) is 49.3 Å². The number of carbonyl (C=O) groups is 1. The number of nitrogens with one attached hydrogen (secondary N) is 1. The van der Waals surface area contributed by atoms with Gasteiger partial charge in [-0.15, -0.1) is 0 Å². The van der Waals surface area contributed by atoms with E-state index in [4.69, 9.17) is 11.6 Å². The summed E-state index contributed by atoms with van der Waals surface area (Å²) in [5.41, 5.74) is 3.32. The molecule has 0 aromatic heterocycles. The van der Waals surface area contributed by atoms with Gasteiger partial charge in [-0.25, -0.2) is 0 Å². The van der Waals surface area contributed by atoms with Gasteiger partial charge in [0.15, 0.2) is 0 Å². The summed E-state index contributed by atoms with van der Waals surface area (Å²) in [7, 11) is 4.04. The van der Waals surface area contributed by atoms with Gasteiger partial charge in [0.1, 0.15) is 0 Å². The van der Waals surface area contributed by atoms with Gasteiger partial charge in [0.05, 0.1) is 0 Å². The predicted molar refractivity (Wildman–Crippen MR) is 114 cm³/mol. The van der Waals surface area contributed by atoms with E-state index in [0.29, 0.717) is 13.0 Å². The molecular weight excluding hydrogens is 360 g/mol. The highest BCUT2D eigenvalue weighted by Crippen LogP contribution is 2.21. The predicted octanol–water partition coefficient (Wildman–Crippen LogP) is 3.56. The Morgan fingerprint density at radius 3 is 2.41 bits per heavy atom. The maximum absolute atomic E-state index is 12.5. The zero-order chi connectivity index (χ0) is 19.2. The van der Waals surface area contributed by atoms with Crippen molar-refractivity contribution in [1.82, 2.24) is 4.90 Å². The Morgan fingerprint density at radius 2 is 1.78 bits per heavy atom. The van der Waals surface area contributed by atoms with Crippen LogP contribution in [-0.4, -0.2) is 57.6 Å². The van der Waals surface area contributed by atoms with Gasteiger partial charge in [-0.2, -0.15) is 0 Å². The van der Waals surface area contributed by atoms with Crippen LogP contribution in [0.2, 0.25) is 5.02 Å². The number of carbonyl (C=O) groups excluding carboxylic acids is 1. The molecule has 0 saturated carbocycles. The fraction of sp³-hybridized carbons (Fsp3) is 0.381. The van der Waals surface area contributed by atoms with Crippen molar-refractivity contribution in [2.24, 2.45) is 0 Å². The molecular formula is C21H27ClN4O. The molecule has 27 heavy (non-hydrogen) atoms. The van der Waals surface area contributed by atoms with Crippen LogP contribution in [-0.2, 0) is 4.79 Å². The molecule has 5 nitrogen and oxygen atoms in total. The molecule has 0 spiro atoms. The Bertz CT molecular complexity index is 755. The van der Waals surface area contributed by atoms with E-state index in [1.54, 1.807) is 0 Å². The molecule has 3 rings (SSSR count). The minimum Gasteiger partial charge on any atom is -0.385 e. The summed E-state index contributed by atoms with van der Waals surface area (Å²) >= 11 is 6.07. The average molecular weight is 387 g/mol. The second kappa shape index (κ2) is 9.00. The van der Waals surface area contributed by atoms with Crippen LogP contribution in [0.1, 0.15) is 6.42 Å². The van der Waals surface area contributed by atoms with Crippen LogP contribution < -0.4 is 15.1 Å². The lowest BCUT2D eigenvalue weighted by molar-refractivity contribution is -0.131. The summed E-state index contributed by atoms with van der Waals surface area (Å²) < 4.78 is 0. The van der Waals surface area contributed by atoms with Crippen LogP contribution in [0.25, 0.3) is 0 Å². The van der Waals surface area contributed by atoms with Gasteiger partial charge in [-0.3, -0.25) is 4.79 Å². The number of hydrogen-bond donors (Lipinski definition) is 1. The summed E-state index contributed by atoms with van der Waals surface area (Å²) in [5.74, 6) is 0.207. The van der Waals surface area contributed by atoms with E-state index < -0.39 is 0 Å². The van der Waals surface area contributed by atoms with E-state index >= 15 is 0 Å². The summed E-state index contributed by atoms with van der Waals surface area (Å²) in [6.45, 7) is 3.83. The first-order valence-electron chi connectivity index (χ1n) is 9.32. The lowest BCUT2D eigenvalue weighted by Crippen LogP contribution is -2.49. The molecule has 1 saturated heterocycles. The summed E-state index contributed by atoms with van der Waals surface area (Å²) in [5, 5.41) is 4.08. The quantitative estimate of drug-likeness (QED) is 0.823. The van der Waals surface area contributed by atoms with Gasteiger partial charge in [0, 0.05) is 75.3 Å². The number of anilines is 3. The Kier molecular flexibility index (Phi) is 6.45. The second-order valence-electron chi connectivity index (χ2n) is 6.97. The maximum Gasteiger partial charge on any atom is 0.224 e. The van der Waals surface area contributed by atoms with Gasteiger partial charge in [0.25, 0.3) is 0 Å². The van der Waals surface area contributed by atoms with Crippen molar-refractivity contribution in [2.75, 3.05) is 61.9 Å². The van der Waals surface area contributed by atoms with E-state index in [-0.39, 0.29) is 5.91 Å². The zero-order valence-electron chi connectivity index (χ0n) is 16.0. The monoisotopic (exact) mass is 386 g/mol. The molecule has 0 radical (unpaired) electrons. The molecule has 2 aromatic carbocycles. The maximum atomic E-state index is 12.5. The van der Waals surface area contributed by atoms with Crippen LogP contribution in [0.4, 0.5) is 17.1 Å². The van der Waals surface area contributed by atoms with Crippen LogP contribution in [0, 0.1) is 0 Å². The van der Waals surface area contributed by atoms with Crippen molar-refractivity contribution in [3.8, 4) is 0 Å². The highest BCUT2D eigenvalue weighted by atomic mass is 35.5. The SMILES string of the molecule is CN(C)c1ccc(NCCC(=O)N2CCN(c3cccc(Cl)c3)CC2)cc1. The first-order chi connectivity index (χ1) is 13.0. The second-order valence-corrected chi connectivity index (χ2v) is 7.40. The number of hydrogen-bond acceptors (Lipinski definition) is 4. The van der Waals surface area contributed by atoms with Crippen molar-refractivity contribution in [3.63, 3.8) is 0 Å². The first-order valence-corrected chi connectivity index (χ1v) is 9.70.